The number of para-hydroxylation sites is 2. The summed E-state index contributed by atoms with van der Waals surface area (Å²) in [5, 5.41) is 21.3. The molecule has 0 aliphatic carbocycles. The molecule has 0 amide bonds. The average molecular weight is 671 g/mol. The molecule has 3 aromatic carbocycles. The lowest BCUT2D eigenvalue weighted by Gasteiger charge is -2.36. The van der Waals surface area contributed by atoms with Crippen LogP contribution in [0.5, 0.6) is 0 Å². The second-order valence-electron chi connectivity index (χ2n) is 13.5. The standard InChI is InChI=1S/C42H50N6O2/c1-43-35(31-41(37-10-3-5-12-39(37)43)47-22-18-45(19-23-47)26-28-49)16-14-33-8-7-9-34(30-33)15-17-36-32-42(38-11-4-6-13-40(38)44(36)2)48-24-20-46(21-25-48)27-29-50/h3-17,30-32,49-50H,18-29H2,1-2H3/q+2/b16-14+,17-15+. The summed E-state index contributed by atoms with van der Waals surface area (Å²) in [5.74, 6) is 0. The van der Waals surface area contributed by atoms with Gasteiger partial charge in [0.25, 0.3) is 0 Å². The van der Waals surface area contributed by atoms with Crippen LogP contribution in [0.2, 0.25) is 0 Å². The monoisotopic (exact) mass is 670 g/mol. The van der Waals surface area contributed by atoms with E-state index in [1.807, 2.05) is 0 Å². The Hall–Kier alpha value is -4.60. The molecule has 50 heavy (non-hydrogen) atoms. The van der Waals surface area contributed by atoms with Gasteiger partial charge in [-0.2, -0.15) is 9.13 Å². The quantitative estimate of drug-likeness (QED) is 0.217. The van der Waals surface area contributed by atoms with E-state index in [9.17, 15) is 10.2 Å². The molecule has 2 aromatic heterocycles. The van der Waals surface area contributed by atoms with Gasteiger partial charge in [-0.05, 0) is 41.5 Å². The third-order valence-electron chi connectivity index (χ3n) is 10.5. The maximum absolute atomic E-state index is 9.40. The van der Waals surface area contributed by atoms with Gasteiger partial charge in [-0.25, -0.2) is 0 Å². The average Bonchev–Trinajstić information content (AvgIpc) is 3.16. The van der Waals surface area contributed by atoms with Crippen LogP contribution < -0.4 is 18.9 Å². The molecule has 0 atom stereocenters. The van der Waals surface area contributed by atoms with Crippen molar-refractivity contribution in [3.8, 4) is 0 Å². The minimum atomic E-state index is 0.212. The van der Waals surface area contributed by atoms with Crippen molar-refractivity contribution >= 4 is 57.5 Å². The molecule has 0 unspecified atom stereocenters. The Morgan fingerprint density at radius 3 is 1.36 bits per heavy atom. The van der Waals surface area contributed by atoms with Crippen LogP contribution in [0, 0.1) is 0 Å². The summed E-state index contributed by atoms with van der Waals surface area (Å²) in [7, 11) is 4.30. The largest absolute Gasteiger partial charge is 0.395 e. The van der Waals surface area contributed by atoms with E-state index in [2.05, 4.69) is 152 Å². The van der Waals surface area contributed by atoms with Crippen LogP contribution in [0.4, 0.5) is 11.4 Å². The zero-order chi connectivity index (χ0) is 34.5. The predicted molar refractivity (Wildman–Crippen MR) is 206 cm³/mol. The van der Waals surface area contributed by atoms with Crippen molar-refractivity contribution in [2.24, 2.45) is 14.1 Å². The van der Waals surface area contributed by atoms with E-state index in [-0.39, 0.29) is 13.2 Å². The summed E-state index contributed by atoms with van der Waals surface area (Å²) in [6.07, 6.45) is 8.90. The number of β-amino-alcohol motifs (C(OH)–C–C–N with tert-alkyl or cyclic N) is 2. The van der Waals surface area contributed by atoms with Crippen LogP contribution >= 0.6 is 0 Å². The van der Waals surface area contributed by atoms with Crippen LogP contribution in [0.1, 0.15) is 22.5 Å². The molecule has 0 spiro atoms. The number of aromatic nitrogens is 2. The molecule has 258 valence electrons. The summed E-state index contributed by atoms with van der Waals surface area (Å²) in [4.78, 5) is 9.67. The van der Waals surface area contributed by atoms with Crippen LogP contribution in [0.3, 0.4) is 0 Å². The Bertz CT molecular complexity index is 1870. The van der Waals surface area contributed by atoms with Crippen molar-refractivity contribution in [3.05, 3.63) is 107 Å². The van der Waals surface area contributed by atoms with Gasteiger partial charge in [0, 0.05) is 102 Å². The number of rotatable bonds is 10. The summed E-state index contributed by atoms with van der Waals surface area (Å²) in [5.41, 5.74) is 9.60. The molecular formula is C42H50N6O2+2. The van der Waals surface area contributed by atoms with Gasteiger partial charge in [-0.1, -0.05) is 42.5 Å². The van der Waals surface area contributed by atoms with Crippen molar-refractivity contribution < 1.29 is 19.3 Å². The van der Waals surface area contributed by atoms with Gasteiger partial charge in [0.2, 0.25) is 22.4 Å². The zero-order valence-corrected chi connectivity index (χ0v) is 29.5. The number of hydrogen-bond donors (Lipinski definition) is 2. The lowest BCUT2D eigenvalue weighted by Crippen LogP contribution is -2.47. The van der Waals surface area contributed by atoms with E-state index in [0.717, 1.165) is 88.0 Å². The number of piperazine rings is 2. The molecule has 2 N–H and O–H groups in total. The first-order valence-corrected chi connectivity index (χ1v) is 18.0. The lowest BCUT2D eigenvalue weighted by molar-refractivity contribution is -0.646. The van der Waals surface area contributed by atoms with Crippen LogP contribution in [0.25, 0.3) is 46.1 Å². The third-order valence-corrected chi connectivity index (χ3v) is 10.5. The number of benzene rings is 3. The first kappa shape index (κ1) is 33.9. The number of aryl methyl sites for hydroxylation is 2. The van der Waals surface area contributed by atoms with Crippen molar-refractivity contribution in [1.82, 2.24) is 9.80 Å². The Balaban J connectivity index is 1.14. The molecule has 0 saturated carbocycles. The van der Waals surface area contributed by atoms with E-state index in [0.29, 0.717) is 0 Å². The summed E-state index contributed by atoms with van der Waals surface area (Å²) in [6, 6.07) is 30.7. The molecule has 8 heteroatoms. The highest BCUT2D eigenvalue weighted by Crippen LogP contribution is 2.29. The van der Waals surface area contributed by atoms with Gasteiger partial charge >= 0.3 is 0 Å². The van der Waals surface area contributed by atoms with E-state index < -0.39 is 0 Å². The van der Waals surface area contributed by atoms with Gasteiger partial charge in [-0.15, -0.1) is 0 Å². The molecule has 0 bridgehead atoms. The highest BCUT2D eigenvalue weighted by atomic mass is 16.3. The molecule has 2 fully saturated rings. The van der Waals surface area contributed by atoms with Gasteiger partial charge in [-0.3, -0.25) is 9.80 Å². The van der Waals surface area contributed by atoms with E-state index in [4.69, 9.17) is 0 Å². The lowest BCUT2D eigenvalue weighted by atomic mass is 10.1. The highest BCUT2D eigenvalue weighted by molar-refractivity contribution is 5.92. The SMILES string of the molecule is C[n+]1c(/C=C/c2cccc(/C=C/c3cc(N4CCN(CCO)CC4)c4ccccc4[n+]3C)c2)cc(N2CCN(CCO)CC2)c2ccccc21. The number of aliphatic hydroxyl groups is 2. The maximum Gasteiger partial charge on any atom is 0.214 e. The minimum Gasteiger partial charge on any atom is -0.395 e. The Labute approximate surface area is 296 Å². The number of pyridine rings is 2. The molecule has 5 aromatic rings. The molecular weight excluding hydrogens is 621 g/mol. The number of hydrogen-bond acceptors (Lipinski definition) is 6. The second kappa shape index (κ2) is 15.5. The number of anilines is 2. The molecule has 8 nitrogen and oxygen atoms in total. The van der Waals surface area contributed by atoms with Gasteiger partial charge in [0.15, 0.2) is 0 Å². The maximum atomic E-state index is 9.40. The molecule has 2 saturated heterocycles. The van der Waals surface area contributed by atoms with Crippen molar-refractivity contribution in [3.63, 3.8) is 0 Å². The number of fused-ring (bicyclic) bond motifs is 2. The zero-order valence-electron chi connectivity index (χ0n) is 29.5. The summed E-state index contributed by atoms with van der Waals surface area (Å²) in [6.45, 7) is 9.56. The normalized spacial score (nSPS) is 16.5. The summed E-state index contributed by atoms with van der Waals surface area (Å²) >= 11 is 0. The van der Waals surface area contributed by atoms with Crippen molar-refractivity contribution in [2.45, 2.75) is 0 Å². The molecule has 4 heterocycles. The topological polar surface area (TPSA) is 61.2 Å². The van der Waals surface area contributed by atoms with Crippen LogP contribution in [-0.4, -0.2) is 98.7 Å². The highest BCUT2D eigenvalue weighted by Gasteiger charge is 2.24. The second-order valence-corrected chi connectivity index (χ2v) is 13.5. The third kappa shape index (κ3) is 7.30. The van der Waals surface area contributed by atoms with Gasteiger partial charge in [0.05, 0.1) is 35.4 Å². The first-order chi connectivity index (χ1) is 24.5. The summed E-state index contributed by atoms with van der Waals surface area (Å²) < 4.78 is 4.57. The van der Waals surface area contributed by atoms with Crippen LogP contribution in [-0.2, 0) is 14.1 Å². The fourth-order valence-corrected chi connectivity index (χ4v) is 7.55. The fraction of sp³-hybridized carbons (Fsp3) is 0.333. The Morgan fingerprint density at radius 1 is 0.520 bits per heavy atom. The molecule has 2 aliphatic heterocycles. The Morgan fingerprint density at radius 2 is 0.940 bits per heavy atom. The minimum absolute atomic E-state index is 0.212. The smallest absolute Gasteiger partial charge is 0.214 e. The van der Waals surface area contributed by atoms with E-state index in [1.165, 1.54) is 33.2 Å². The van der Waals surface area contributed by atoms with E-state index >= 15 is 0 Å². The van der Waals surface area contributed by atoms with Crippen molar-refractivity contribution in [2.75, 3.05) is 88.5 Å². The molecule has 7 rings (SSSR count). The van der Waals surface area contributed by atoms with Gasteiger partial charge < -0.3 is 20.0 Å². The Kier molecular flexibility index (Phi) is 10.5. The van der Waals surface area contributed by atoms with Crippen LogP contribution in [0.15, 0.2) is 84.9 Å². The molecule has 0 radical (unpaired) electrons. The number of nitrogens with zero attached hydrogens (tertiary/aromatic N) is 6. The fourth-order valence-electron chi connectivity index (χ4n) is 7.55. The van der Waals surface area contributed by atoms with Gasteiger partial charge in [0.1, 0.15) is 14.1 Å². The first-order valence-electron chi connectivity index (χ1n) is 18.0. The van der Waals surface area contributed by atoms with E-state index in [1.54, 1.807) is 0 Å². The number of aliphatic hydroxyl groups excluding tert-OH is 2. The molecule has 2 aliphatic rings. The van der Waals surface area contributed by atoms with Crippen molar-refractivity contribution in [1.29, 1.82) is 0 Å². The predicted octanol–water partition coefficient (Wildman–Crippen LogP) is 4.21.